The van der Waals surface area contributed by atoms with Crippen molar-refractivity contribution in [2.75, 3.05) is 37.8 Å². The van der Waals surface area contributed by atoms with E-state index >= 15 is 0 Å². The lowest BCUT2D eigenvalue weighted by molar-refractivity contribution is -0.195. The van der Waals surface area contributed by atoms with E-state index < -0.39 is 24.2 Å². The molecule has 2 aromatic heterocycles. The molecule has 0 spiro atoms. The minimum atomic E-state index is -4.40. The number of hydrogen-bond donors (Lipinski definition) is 3. The Balaban J connectivity index is 1.25. The fraction of sp³-hybridized carbons (Fsp3) is 0.423. The van der Waals surface area contributed by atoms with Crippen LogP contribution in [0.2, 0.25) is 0 Å². The molecule has 0 unspecified atom stereocenters. The summed E-state index contributed by atoms with van der Waals surface area (Å²) in [6.45, 7) is 0.469. The van der Waals surface area contributed by atoms with E-state index in [4.69, 9.17) is 4.74 Å². The fourth-order valence-corrected chi connectivity index (χ4v) is 5.79. The molecule has 12 heteroatoms. The number of fused-ring (bicyclic) bond motifs is 2. The molecule has 2 aliphatic heterocycles. The van der Waals surface area contributed by atoms with Gasteiger partial charge < -0.3 is 20.5 Å². The molecule has 38 heavy (non-hydrogen) atoms. The summed E-state index contributed by atoms with van der Waals surface area (Å²) in [5.41, 5.74) is 3.02. The fourth-order valence-electron chi connectivity index (χ4n) is 5.00. The van der Waals surface area contributed by atoms with Crippen LogP contribution in [-0.4, -0.2) is 70.6 Å². The van der Waals surface area contributed by atoms with Gasteiger partial charge in [0.15, 0.2) is 0 Å². The van der Waals surface area contributed by atoms with Gasteiger partial charge in [-0.15, -0.1) is 11.8 Å². The molecule has 3 atom stereocenters. The predicted molar refractivity (Wildman–Crippen MR) is 138 cm³/mol. The number of hydrogen-bond acceptors (Lipinski definition) is 8. The number of aromatic nitrogens is 2. The van der Waals surface area contributed by atoms with Crippen LogP contribution < -0.4 is 15.4 Å². The van der Waals surface area contributed by atoms with E-state index in [0.717, 1.165) is 10.5 Å². The second-order valence-electron chi connectivity index (χ2n) is 9.49. The highest BCUT2D eigenvalue weighted by molar-refractivity contribution is 8.00. The standard InChI is InChI=1S/C26H28F3N5O3S/c1-37-24-5-3-19-25(33-24)16(6-8-30-19)21(35)13-34-9-7-18(17(12-34)26(27,28)29)31-11-15-2-4-22-20(10-15)32-23(36)14-38-22/h2-6,8,10,17-18,21,31,35H,7,9,11-14H2,1H3,(H,32,36)/t17-,18+,21+/m1/s1. The highest BCUT2D eigenvalue weighted by atomic mass is 32.2. The van der Waals surface area contributed by atoms with E-state index in [1.54, 1.807) is 29.3 Å². The number of nitrogens with one attached hydrogen (secondary N) is 2. The number of likely N-dealkylation sites (tertiary alicyclic amines) is 1. The number of amides is 1. The van der Waals surface area contributed by atoms with Crippen LogP contribution in [0.25, 0.3) is 11.0 Å². The summed E-state index contributed by atoms with van der Waals surface area (Å²) in [4.78, 5) is 22.9. The maximum Gasteiger partial charge on any atom is 0.394 e. The molecule has 0 aliphatic carbocycles. The lowest BCUT2D eigenvalue weighted by Crippen LogP contribution is -2.54. The van der Waals surface area contributed by atoms with Gasteiger partial charge in [0.05, 0.1) is 41.6 Å². The van der Waals surface area contributed by atoms with Gasteiger partial charge in [0.2, 0.25) is 11.8 Å². The summed E-state index contributed by atoms with van der Waals surface area (Å²) in [7, 11) is 1.48. The van der Waals surface area contributed by atoms with Gasteiger partial charge in [0.25, 0.3) is 0 Å². The maximum atomic E-state index is 14.1. The number of anilines is 1. The molecule has 5 rings (SSSR count). The highest BCUT2D eigenvalue weighted by Crippen LogP contribution is 2.36. The number of halogens is 3. The number of pyridine rings is 2. The smallest absolute Gasteiger partial charge is 0.394 e. The maximum absolute atomic E-state index is 14.1. The van der Waals surface area contributed by atoms with Gasteiger partial charge >= 0.3 is 6.18 Å². The quantitative estimate of drug-likeness (QED) is 0.411. The van der Waals surface area contributed by atoms with Gasteiger partial charge in [-0.2, -0.15) is 13.2 Å². The number of alkyl halides is 3. The third-order valence-corrected chi connectivity index (χ3v) is 8.02. The monoisotopic (exact) mass is 547 g/mol. The Labute approximate surface area is 222 Å². The van der Waals surface area contributed by atoms with Crippen molar-refractivity contribution >= 4 is 34.4 Å². The first-order valence-corrected chi connectivity index (χ1v) is 13.3. The second-order valence-corrected chi connectivity index (χ2v) is 10.5. The van der Waals surface area contributed by atoms with Gasteiger partial charge in [-0.05, 0) is 42.8 Å². The number of carbonyl (C=O) groups is 1. The predicted octanol–water partition coefficient (Wildman–Crippen LogP) is 3.76. The largest absolute Gasteiger partial charge is 0.481 e. The van der Waals surface area contributed by atoms with Gasteiger partial charge in [0, 0.05) is 48.4 Å². The van der Waals surface area contributed by atoms with Crippen LogP contribution in [0.3, 0.4) is 0 Å². The molecule has 8 nitrogen and oxygen atoms in total. The van der Waals surface area contributed by atoms with Crippen molar-refractivity contribution < 1.29 is 27.8 Å². The van der Waals surface area contributed by atoms with Crippen molar-refractivity contribution in [2.24, 2.45) is 5.92 Å². The molecule has 1 amide bonds. The first-order valence-electron chi connectivity index (χ1n) is 12.3. The van der Waals surface area contributed by atoms with Crippen molar-refractivity contribution in [3.05, 3.63) is 53.7 Å². The molecule has 3 N–H and O–H groups in total. The molecule has 0 radical (unpaired) electrons. The Bertz CT molecular complexity index is 1330. The van der Waals surface area contributed by atoms with E-state index in [9.17, 15) is 23.1 Å². The van der Waals surface area contributed by atoms with Crippen LogP contribution in [0.15, 0.2) is 47.5 Å². The summed E-state index contributed by atoms with van der Waals surface area (Å²) in [6, 6.07) is 9.81. The zero-order chi connectivity index (χ0) is 26.9. The third-order valence-electron chi connectivity index (χ3n) is 6.95. The summed E-state index contributed by atoms with van der Waals surface area (Å²) in [6.07, 6.45) is -3.62. The molecular weight excluding hydrogens is 519 g/mol. The minimum absolute atomic E-state index is 0.0412. The van der Waals surface area contributed by atoms with Crippen molar-refractivity contribution in [3.8, 4) is 5.88 Å². The van der Waals surface area contributed by atoms with E-state index in [-0.39, 0.29) is 32.0 Å². The van der Waals surface area contributed by atoms with Gasteiger partial charge in [0.1, 0.15) is 0 Å². The van der Waals surface area contributed by atoms with Crippen molar-refractivity contribution in [1.29, 1.82) is 0 Å². The van der Waals surface area contributed by atoms with Gasteiger partial charge in [-0.3, -0.25) is 14.7 Å². The minimum Gasteiger partial charge on any atom is -0.481 e. The van der Waals surface area contributed by atoms with E-state index in [0.29, 0.717) is 40.5 Å². The Hall–Kier alpha value is -2.93. The van der Waals surface area contributed by atoms with Gasteiger partial charge in [-0.1, -0.05) is 6.07 Å². The number of aliphatic hydroxyl groups is 1. The topological polar surface area (TPSA) is 99.6 Å². The van der Waals surface area contributed by atoms with Crippen molar-refractivity contribution in [2.45, 2.75) is 36.2 Å². The molecule has 0 bridgehead atoms. The van der Waals surface area contributed by atoms with Crippen LogP contribution in [0.5, 0.6) is 5.88 Å². The molecular formula is C26H28F3N5O3S. The van der Waals surface area contributed by atoms with Crippen LogP contribution >= 0.6 is 11.8 Å². The summed E-state index contributed by atoms with van der Waals surface area (Å²) in [5, 5.41) is 16.9. The summed E-state index contributed by atoms with van der Waals surface area (Å²) >= 11 is 1.44. The first kappa shape index (κ1) is 26.7. The average Bonchev–Trinajstić information content (AvgIpc) is 2.90. The van der Waals surface area contributed by atoms with Crippen LogP contribution in [0.4, 0.5) is 18.9 Å². The average molecular weight is 548 g/mol. The van der Waals surface area contributed by atoms with E-state index in [2.05, 4.69) is 20.6 Å². The molecule has 0 saturated carbocycles. The Kier molecular flexibility index (Phi) is 7.75. The highest BCUT2D eigenvalue weighted by Gasteiger charge is 2.47. The molecule has 4 heterocycles. The SMILES string of the molecule is COc1ccc2nccc([C@@H](O)CN3CC[C@H](NCc4ccc5c(c4)NC(=O)CS5)[C@H](C(F)(F)F)C3)c2n1. The molecule has 1 fully saturated rings. The molecule has 1 saturated heterocycles. The Morgan fingerprint density at radius 1 is 1.29 bits per heavy atom. The van der Waals surface area contributed by atoms with E-state index in [1.807, 2.05) is 18.2 Å². The molecule has 1 aromatic carbocycles. The number of thioether (sulfide) groups is 1. The van der Waals surface area contributed by atoms with Crippen LogP contribution in [0, 0.1) is 5.92 Å². The second kappa shape index (κ2) is 11.0. The van der Waals surface area contributed by atoms with Crippen molar-refractivity contribution in [3.63, 3.8) is 0 Å². The summed E-state index contributed by atoms with van der Waals surface area (Å²) in [5.74, 6) is -0.964. The number of ether oxygens (including phenoxy) is 1. The van der Waals surface area contributed by atoms with Crippen LogP contribution in [-0.2, 0) is 11.3 Å². The third kappa shape index (κ3) is 5.88. The van der Waals surface area contributed by atoms with Crippen LogP contribution in [0.1, 0.15) is 23.7 Å². The number of nitrogens with zero attached hydrogens (tertiary/aromatic N) is 3. The number of β-amino-alcohol motifs (C(OH)–C–C–N with tert-alkyl or cyclic N) is 1. The number of piperidine rings is 1. The normalized spacial score (nSPS) is 21.1. The number of rotatable bonds is 7. The van der Waals surface area contributed by atoms with E-state index in [1.165, 1.54) is 18.9 Å². The lowest BCUT2D eigenvalue weighted by Gasteiger charge is -2.40. The van der Waals surface area contributed by atoms with Gasteiger partial charge in [-0.25, -0.2) is 4.98 Å². The number of carbonyl (C=O) groups excluding carboxylic acids is 1. The molecule has 2 aliphatic rings. The lowest BCUT2D eigenvalue weighted by atomic mass is 9.90. The Morgan fingerprint density at radius 3 is 2.92 bits per heavy atom. The molecule has 3 aromatic rings. The number of methoxy groups -OCH3 is 1. The zero-order valence-corrected chi connectivity index (χ0v) is 21.5. The summed E-state index contributed by atoms with van der Waals surface area (Å²) < 4.78 is 47.5. The van der Waals surface area contributed by atoms with Crippen molar-refractivity contribution in [1.82, 2.24) is 20.2 Å². The Morgan fingerprint density at radius 2 is 2.13 bits per heavy atom. The first-order chi connectivity index (χ1) is 18.2. The molecule has 202 valence electrons. The zero-order valence-electron chi connectivity index (χ0n) is 20.7. The number of benzene rings is 1. The number of aliphatic hydroxyl groups excluding tert-OH is 1.